The van der Waals surface area contributed by atoms with E-state index in [0.29, 0.717) is 5.56 Å². The van der Waals surface area contributed by atoms with Crippen molar-refractivity contribution in [2.75, 3.05) is 19.8 Å². The van der Waals surface area contributed by atoms with Crippen LogP contribution >= 0.6 is 65.0 Å². The van der Waals surface area contributed by atoms with E-state index in [-0.39, 0.29) is 25.4 Å². The smallest absolute Gasteiger partial charge is 0.408 e. The molecule has 0 aliphatic heterocycles. The van der Waals surface area contributed by atoms with Crippen LogP contribution in [0.1, 0.15) is 30.6 Å². The summed E-state index contributed by atoms with van der Waals surface area (Å²) in [7, 11) is -3.86. The highest BCUT2D eigenvalue weighted by atomic mass is 127. The van der Waals surface area contributed by atoms with Gasteiger partial charge in [-0.05, 0) is 48.6 Å². The molecule has 1 atom stereocenters. The van der Waals surface area contributed by atoms with Crippen molar-refractivity contribution in [1.29, 1.82) is 0 Å². The van der Waals surface area contributed by atoms with E-state index in [4.69, 9.17) is 48.6 Å². The third-order valence-corrected chi connectivity index (χ3v) is 6.55. The predicted molar refractivity (Wildman–Crippen MR) is 118 cm³/mol. The number of alkyl halides is 3. The number of Topliss-reactive ketones (excluding diaryl/α,β-unsaturated/α-hetero) is 1. The second-order valence-corrected chi connectivity index (χ2v) is 11.3. The lowest BCUT2D eigenvalue weighted by atomic mass is 10.1. The van der Waals surface area contributed by atoms with E-state index in [1.54, 1.807) is 38.1 Å². The lowest BCUT2D eigenvalue weighted by Crippen LogP contribution is -2.39. The second-order valence-electron chi connectivity index (χ2n) is 5.36. The molecule has 0 aliphatic rings. The van der Waals surface area contributed by atoms with Gasteiger partial charge < -0.3 is 19.1 Å². The van der Waals surface area contributed by atoms with Crippen molar-refractivity contribution in [1.82, 2.24) is 5.32 Å². The molecule has 0 unspecified atom stereocenters. The van der Waals surface area contributed by atoms with Gasteiger partial charge in [0.25, 0.3) is 0 Å². The number of ether oxygens (including phenoxy) is 1. The fraction of sp³-hybridized carbons (Fsp3) is 0.500. The van der Waals surface area contributed by atoms with E-state index in [2.05, 4.69) is 27.9 Å². The molecule has 1 amide bonds. The van der Waals surface area contributed by atoms with Crippen LogP contribution in [0.2, 0.25) is 0 Å². The Kier molecular flexibility index (Phi) is 11.1. The Morgan fingerprint density at radius 1 is 1.14 bits per heavy atom. The Labute approximate surface area is 192 Å². The molecule has 0 bridgehead atoms. The van der Waals surface area contributed by atoms with Gasteiger partial charge in [-0.25, -0.2) is 4.79 Å². The van der Waals surface area contributed by atoms with Gasteiger partial charge in [0.1, 0.15) is 12.4 Å². The Hall–Kier alpha value is -0.0900. The molecule has 0 radical (unpaired) electrons. The summed E-state index contributed by atoms with van der Waals surface area (Å²) in [5, 5.41) is 2.34. The third kappa shape index (κ3) is 9.15. The lowest BCUT2D eigenvalue weighted by molar-refractivity contribution is 0.0965. The summed E-state index contributed by atoms with van der Waals surface area (Å²) in [4.78, 5) is 24.7. The molecule has 1 aromatic carbocycles. The van der Waals surface area contributed by atoms with E-state index < -0.39 is 29.9 Å². The van der Waals surface area contributed by atoms with Gasteiger partial charge in [0, 0.05) is 15.6 Å². The normalized spacial score (nSPS) is 13.1. The largest absolute Gasteiger partial charge is 0.445 e. The van der Waals surface area contributed by atoms with Crippen molar-refractivity contribution >= 4 is 76.9 Å². The standard InChI is InChI=1S/C16H20Cl3INO6P/c1-3-26-28(24,27-4-2)14(21-15(23)25-10-16(17,18)19)9-13(22)11-5-7-12(20)8-6-11/h5-8,14H,3-4,9-10H2,1-2H3,(H,21,23)/t14-/m0/s1. The number of amides is 1. The van der Waals surface area contributed by atoms with Gasteiger partial charge in [-0.1, -0.05) is 46.9 Å². The summed E-state index contributed by atoms with van der Waals surface area (Å²) in [5.41, 5.74) is 0.390. The summed E-state index contributed by atoms with van der Waals surface area (Å²) in [6, 6.07) is 6.79. The molecule has 0 spiro atoms. The zero-order chi connectivity index (χ0) is 21.4. The number of nitrogens with one attached hydrogen (secondary N) is 1. The Balaban J connectivity index is 3.02. The van der Waals surface area contributed by atoms with Gasteiger partial charge in [0.2, 0.25) is 3.79 Å². The van der Waals surface area contributed by atoms with Crippen molar-refractivity contribution in [3.05, 3.63) is 33.4 Å². The van der Waals surface area contributed by atoms with E-state index in [0.717, 1.165) is 3.57 Å². The number of hydrogen-bond donors (Lipinski definition) is 1. The van der Waals surface area contributed by atoms with Gasteiger partial charge in [-0.2, -0.15) is 0 Å². The average molecular weight is 587 g/mol. The summed E-state index contributed by atoms with van der Waals surface area (Å²) >= 11 is 18.8. The quantitative estimate of drug-likeness (QED) is 0.167. The highest BCUT2D eigenvalue weighted by Crippen LogP contribution is 2.53. The van der Waals surface area contributed by atoms with Crippen molar-refractivity contribution < 1.29 is 27.9 Å². The van der Waals surface area contributed by atoms with Crippen molar-refractivity contribution in [3.63, 3.8) is 0 Å². The van der Waals surface area contributed by atoms with Crippen LogP contribution in [0.3, 0.4) is 0 Å². The molecule has 1 rings (SSSR count). The minimum Gasteiger partial charge on any atom is -0.445 e. The fourth-order valence-electron chi connectivity index (χ4n) is 2.07. The van der Waals surface area contributed by atoms with Crippen LogP contribution in [0.25, 0.3) is 0 Å². The highest BCUT2D eigenvalue weighted by Gasteiger charge is 2.39. The van der Waals surface area contributed by atoms with Gasteiger partial charge in [0.15, 0.2) is 5.78 Å². The summed E-state index contributed by atoms with van der Waals surface area (Å²) < 4.78 is 27.6. The van der Waals surface area contributed by atoms with Crippen molar-refractivity contribution in [3.8, 4) is 0 Å². The van der Waals surface area contributed by atoms with Crippen LogP contribution in [-0.2, 0) is 18.3 Å². The summed E-state index contributed by atoms with van der Waals surface area (Å²) in [6.45, 7) is 2.80. The molecule has 7 nitrogen and oxygen atoms in total. The number of hydrogen-bond acceptors (Lipinski definition) is 6. The Morgan fingerprint density at radius 3 is 2.14 bits per heavy atom. The van der Waals surface area contributed by atoms with Crippen LogP contribution in [0, 0.1) is 3.57 Å². The molecule has 1 N–H and O–H groups in total. The third-order valence-electron chi connectivity index (χ3n) is 3.20. The van der Waals surface area contributed by atoms with Crippen molar-refractivity contribution in [2.24, 2.45) is 0 Å². The zero-order valence-corrected chi connectivity index (χ0v) is 20.4. The number of halogens is 4. The first-order chi connectivity index (χ1) is 13.0. The molecule has 0 aromatic heterocycles. The van der Waals surface area contributed by atoms with Gasteiger partial charge >= 0.3 is 13.7 Å². The second kappa shape index (κ2) is 11.9. The predicted octanol–water partition coefficient (Wildman–Crippen LogP) is 5.55. The first-order valence-corrected chi connectivity index (χ1v) is 12.0. The minimum absolute atomic E-state index is 0.0520. The molecule has 0 saturated carbocycles. The summed E-state index contributed by atoms with van der Waals surface area (Å²) in [5.74, 6) is -1.63. The molecule has 0 saturated heterocycles. The fourth-order valence-corrected chi connectivity index (χ4v) is 4.40. The van der Waals surface area contributed by atoms with E-state index in [1.165, 1.54) is 0 Å². The molecule has 0 fully saturated rings. The Bertz CT molecular complexity index is 703. The SMILES string of the molecule is CCOP(=O)(OCC)[C@@H](CC(=O)c1ccc(I)cc1)NC(=O)OCC(Cl)(Cl)Cl. The maximum atomic E-state index is 13.1. The van der Waals surface area contributed by atoms with Crippen LogP contribution in [0.15, 0.2) is 24.3 Å². The average Bonchev–Trinajstić information content (AvgIpc) is 2.59. The highest BCUT2D eigenvalue weighted by molar-refractivity contribution is 14.1. The Morgan fingerprint density at radius 2 is 1.68 bits per heavy atom. The molecule has 0 aliphatic carbocycles. The van der Waals surface area contributed by atoms with E-state index in [9.17, 15) is 14.2 Å². The number of alkyl carbamates (subject to hydrolysis) is 1. The minimum atomic E-state index is -3.86. The molecule has 28 heavy (non-hydrogen) atoms. The first kappa shape index (κ1) is 25.9. The number of rotatable bonds is 10. The van der Waals surface area contributed by atoms with Gasteiger partial charge in [-0.15, -0.1) is 0 Å². The van der Waals surface area contributed by atoms with E-state index >= 15 is 0 Å². The maximum Gasteiger partial charge on any atom is 0.408 e. The van der Waals surface area contributed by atoms with Crippen LogP contribution in [0.5, 0.6) is 0 Å². The van der Waals surface area contributed by atoms with Crippen molar-refractivity contribution in [2.45, 2.75) is 29.8 Å². The molecule has 0 heterocycles. The van der Waals surface area contributed by atoms with E-state index in [1.807, 2.05) is 0 Å². The lowest BCUT2D eigenvalue weighted by Gasteiger charge is -2.26. The van der Waals surface area contributed by atoms with Crippen LogP contribution in [-0.4, -0.2) is 41.3 Å². The maximum absolute atomic E-state index is 13.1. The van der Waals surface area contributed by atoms with Crippen LogP contribution < -0.4 is 5.32 Å². The molecular weight excluding hydrogens is 566 g/mol. The number of ketones is 1. The van der Waals surface area contributed by atoms with Crippen LogP contribution in [0.4, 0.5) is 4.79 Å². The molecule has 158 valence electrons. The summed E-state index contributed by atoms with van der Waals surface area (Å²) in [6.07, 6.45) is -1.35. The van der Waals surface area contributed by atoms with Gasteiger partial charge in [0.05, 0.1) is 13.2 Å². The molecule has 1 aromatic rings. The number of carbonyl (C=O) groups is 2. The van der Waals surface area contributed by atoms with Gasteiger partial charge in [-0.3, -0.25) is 9.36 Å². The topological polar surface area (TPSA) is 90.9 Å². The number of benzene rings is 1. The zero-order valence-electron chi connectivity index (χ0n) is 15.1. The molecule has 12 heteroatoms. The number of carbonyl (C=O) groups excluding carboxylic acids is 2. The molecular formula is C16H20Cl3INO6P. The monoisotopic (exact) mass is 585 g/mol. The first-order valence-electron chi connectivity index (χ1n) is 8.18.